The summed E-state index contributed by atoms with van der Waals surface area (Å²) in [4.78, 5) is 10.5. The second-order valence-electron chi connectivity index (χ2n) is 2.32. The Morgan fingerprint density at radius 2 is 2.40 bits per heavy atom. The van der Waals surface area contributed by atoms with Crippen LogP contribution in [-0.4, -0.2) is 35.0 Å². The van der Waals surface area contributed by atoms with E-state index in [-0.39, 0.29) is 12.7 Å². The van der Waals surface area contributed by atoms with Gasteiger partial charge in [-0.3, -0.25) is 0 Å². The second-order valence-corrected chi connectivity index (χ2v) is 2.32. The minimum Gasteiger partial charge on any atom is -0.460 e. The number of esters is 1. The highest BCUT2D eigenvalue weighted by molar-refractivity contribution is 5.76. The van der Waals surface area contributed by atoms with E-state index in [0.717, 1.165) is 0 Å². The lowest BCUT2D eigenvalue weighted by molar-refractivity contribution is -0.147. The highest BCUT2D eigenvalue weighted by Crippen LogP contribution is 2.16. The van der Waals surface area contributed by atoms with Crippen molar-refractivity contribution >= 4 is 5.97 Å². The van der Waals surface area contributed by atoms with Crippen LogP contribution in [0.5, 0.6) is 0 Å². The third-order valence-electron chi connectivity index (χ3n) is 1.49. The van der Waals surface area contributed by atoms with Gasteiger partial charge in [-0.1, -0.05) is 0 Å². The summed E-state index contributed by atoms with van der Waals surface area (Å²) in [7, 11) is 0. The lowest BCUT2D eigenvalue weighted by atomic mass is 10.1. The summed E-state index contributed by atoms with van der Waals surface area (Å²) in [6.45, 7) is -0.00926. The van der Waals surface area contributed by atoms with E-state index in [4.69, 9.17) is 10.2 Å². The first kappa shape index (κ1) is 7.50. The third-order valence-corrected chi connectivity index (χ3v) is 1.49. The first-order chi connectivity index (χ1) is 4.74. The molecule has 10 heavy (non-hydrogen) atoms. The van der Waals surface area contributed by atoms with Gasteiger partial charge in [0.05, 0.1) is 0 Å². The van der Waals surface area contributed by atoms with Crippen molar-refractivity contribution in [1.82, 2.24) is 0 Å². The smallest absolute Gasteiger partial charge is 0.335 e. The molecule has 2 N–H and O–H groups in total. The van der Waals surface area contributed by atoms with Crippen LogP contribution in [0.15, 0.2) is 0 Å². The van der Waals surface area contributed by atoms with E-state index < -0.39 is 12.1 Å². The summed E-state index contributed by atoms with van der Waals surface area (Å²) in [6.07, 6.45) is -0.522. The van der Waals surface area contributed by atoms with E-state index in [1.54, 1.807) is 0 Å². The van der Waals surface area contributed by atoms with Gasteiger partial charge in [-0.15, -0.1) is 0 Å². The topological polar surface area (TPSA) is 66.8 Å². The lowest BCUT2D eigenvalue weighted by Gasteiger charge is -2.03. The van der Waals surface area contributed by atoms with Crippen LogP contribution in [0.4, 0.5) is 0 Å². The molecule has 0 aromatic heterocycles. The first-order valence-corrected chi connectivity index (χ1v) is 3.23. The molecule has 2 unspecified atom stereocenters. The Labute approximate surface area is 58.4 Å². The van der Waals surface area contributed by atoms with Gasteiger partial charge in [0.25, 0.3) is 0 Å². The van der Waals surface area contributed by atoms with Crippen molar-refractivity contribution in [3.8, 4) is 0 Å². The van der Waals surface area contributed by atoms with Gasteiger partial charge >= 0.3 is 5.97 Å². The van der Waals surface area contributed by atoms with E-state index in [0.29, 0.717) is 12.8 Å². The molecular formula is C6H10O4. The number of hydrogen-bond acceptors (Lipinski definition) is 4. The van der Waals surface area contributed by atoms with Crippen LogP contribution in [0.25, 0.3) is 0 Å². The molecule has 1 fully saturated rings. The molecule has 0 amide bonds. The molecule has 0 radical (unpaired) electrons. The molecule has 1 saturated heterocycles. The zero-order valence-electron chi connectivity index (χ0n) is 5.49. The van der Waals surface area contributed by atoms with Gasteiger partial charge in [0.2, 0.25) is 0 Å². The number of cyclic esters (lactones) is 1. The van der Waals surface area contributed by atoms with Crippen LogP contribution in [0, 0.1) is 0 Å². The Kier molecular flexibility index (Phi) is 2.24. The zero-order chi connectivity index (χ0) is 7.56. The van der Waals surface area contributed by atoms with Gasteiger partial charge < -0.3 is 14.9 Å². The van der Waals surface area contributed by atoms with Crippen molar-refractivity contribution in [2.24, 2.45) is 0 Å². The van der Waals surface area contributed by atoms with Crippen molar-refractivity contribution in [2.75, 3.05) is 6.61 Å². The SMILES string of the molecule is O=C1OC(CCO)CC1O. The maximum Gasteiger partial charge on any atom is 0.335 e. The van der Waals surface area contributed by atoms with Crippen molar-refractivity contribution in [2.45, 2.75) is 25.0 Å². The van der Waals surface area contributed by atoms with E-state index >= 15 is 0 Å². The third kappa shape index (κ3) is 1.46. The number of hydrogen-bond donors (Lipinski definition) is 2. The number of carbonyl (C=O) groups is 1. The van der Waals surface area contributed by atoms with E-state index in [1.165, 1.54) is 0 Å². The Hall–Kier alpha value is -0.610. The van der Waals surface area contributed by atoms with Crippen molar-refractivity contribution < 1.29 is 19.7 Å². The fraction of sp³-hybridized carbons (Fsp3) is 0.833. The van der Waals surface area contributed by atoms with Crippen LogP contribution in [0.1, 0.15) is 12.8 Å². The minimum atomic E-state index is -0.975. The molecule has 4 heteroatoms. The summed E-state index contributed by atoms with van der Waals surface area (Å²) in [5.41, 5.74) is 0. The summed E-state index contributed by atoms with van der Waals surface area (Å²) in [5.74, 6) is -0.571. The molecule has 58 valence electrons. The fourth-order valence-corrected chi connectivity index (χ4v) is 0.957. The molecule has 1 aliphatic heterocycles. The standard InChI is InChI=1S/C6H10O4/c7-2-1-4-3-5(8)6(9)10-4/h4-5,7-8H,1-3H2. The highest BCUT2D eigenvalue weighted by atomic mass is 16.6. The van der Waals surface area contributed by atoms with Crippen LogP contribution in [-0.2, 0) is 9.53 Å². The lowest BCUT2D eigenvalue weighted by Crippen LogP contribution is -2.11. The molecule has 0 bridgehead atoms. The Bertz CT molecular complexity index is 134. The van der Waals surface area contributed by atoms with Gasteiger partial charge in [-0.2, -0.15) is 0 Å². The second kappa shape index (κ2) is 2.98. The monoisotopic (exact) mass is 146 g/mol. The molecule has 1 rings (SSSR count). The predicted molar refractivity (Wildman–Crippen MR) is 32.2 cm³/mol. The van der Waals surface area contributed by atoms with Gasteiger partial charge in [0, 0.05) is 19.4 Å². The highest BCUT2D eigenvalue weighted by Gasteiger charge is 2.31. The summed E-state index contributed by atoms with van der Waals surface area (Å²) in [5, 5.41) is 17.3. The van der Waals surface area contributed by atoms with Crippen LogP contribution >= 0.6 is 0 Å². The molecule has 0 aromatic carbocycles. The zero-order valence-corrected chi connectivity index (χ0v) is 5.49. The Balaban J connectivity index is 2.34. The average molecular weight is 146 g/mol. The van der Waals surface area contributed by atoms with E-state index in [9.17, 15) is 4.79 Å². The number of carbonyl (C=O) groups excluding carboxylic acids is 1. The van der Waals surface area contributed by atoms with Gasteiger partial charge in [-0.05, 0) is 0 Å². The van der Waals surface area contributed by atoms with Gasteiger partial charge in [-0.25, -0.2) is 4.79 Å². The summed E-state index contributed by atoms with van der Waals surface area (Å²) >= 11 is 0. The largest absolute Gasteiger partial charge is 0.460 e. The van der Waals surface area contributed by atoms with Crippen LogP contribution in [0.3, 0.4) is 0 Å². The Morgan fingerprint density at radius 3 is 2.80 bits per heavy atom. The van der Waals surface area contributed by atoms with E-state index in [1.807, 2.05) is 0 Å². The average Bonchev–Trinajstić information content (AvgIpc) is 2.14. The molecule has 0 saturated carbocycles. The molecule has 4 nitrogen and oxygen atoms in total. The molecular weight excluding hydrogens is 136 g/mol. The number of ether oxygens (including phenoxy) is 1. The normalized spacial score (nSPS) is 32.4. The molecule has 1 aliphatic rings. The quantitative estimate of drug-likeness (QED) is 0.493. The summed E-state index contributed by atoms with van der Waals surface area (Å²) < 4.78 is 4.67. The maximum atomic E-state index is 10.5. The van der Waals surface area contributed by atoms with Gasteiger partial charge in [0.1, 0.15) is 6.10 Å². The summed E-state index contributed by atoms with van der Waals surface area (Å²) in [6, 6.07) is 0. The van der Waals surface area contributed by atoms with Crippen LogP contribution in [0.2, 0.25) is 0 Å². The molecule has 2 atom stereocenters. The van der Waals surface area contributed by atoms with Gasteiger partial charge in [0.15, 0.2) is 6.10 Å². The Morgan fingerprint density at radius 1 is 1.70 bits per heavy atom. The number of rotatable bonds is 2. The maximum absolute atomic E-state index is 10.5. The van der Waals surface area contributed by atoms with Crippen molar-refractivity contribution in [3.05, 3.63) is 0 Å². The first-order valence-electron chi connectivity index (χ1n) is 3.23. The minimum absolute atomic E-state index is 0.00926. The van der Waals surface area contributed by atoms with Crippen molar-refractivity contribution in [3.63, 3.8) is 0 Å². The molecule has 0 aromatic rings. The molecule has 0 aliphatic carbocycles. The number of aliphatic hydroxyl groups excluding tert-OH is 2. The van der Waals surface area contributed by atoms with Crippen molar-refractivity contribution in [1.29, 1.82) is 0 Å². The van der Waals surface area contributed by atoms with Crippen LogP contribution < -0.4 is 0 Å². The van der Waals surface area contributed by atoms with E-state index in [2.05, 4.69) is 4.74 Å². The predicted octanol–water partition coefficient (Wildman–Crippen LogP) is -0.955. The fourth-order valence-electron chi connectivity index (χ4n) is 0.957. The molecule has 1 heterocycles. The number of aliphatic hydroxyl groups is 2. The molecule has 0 spiro atoms.